The number of amides is 1. The van der Waals surface area contributed by atoms with Crippen molar-refractivity contribution in [3.63, 3.8) is 0 Å². The quantitative estimate of drug-likeness (QED) is 0.595. The molecule has 0 saturated heterocycles. The third-order valence-electron chi connectivity index (χ3n) is 2.75. The van der Waals surface area contributed by atoms with Gasteiger partial charge in [-0.05, 0) is 32.8 Å². The standard InChI is InChI=1S/C13H20BrNO2/c1-10-9-12(11(2)17-10)13(16)15(3)8-6-4-5-7-14/h9H,4-8H2,1-3H3. The fourth-order valence-corrected chi connectivity index (χ4v) is 2.17. The van der Waals surface area contributed by atoms with Gasteiger partial charge in [-0.2, -0.15) is 0 Å². The third kappa shape index (κ3) is 4.19. The van der Waals surface area contributed by atoms with Gasteiger partial charge in [0.1, 0.15) is 11.5 Å². The second-order valence-corrected chi connectivity index (χ2v) is 5.10. The molecule has 96 valence electrons. The third-order valence-corrected chi connectivity index (χ3v) is 3.31. The molecule has 1 aromatic heterocycles. The normalized spacial score (nSPS) is 10.6. The van der Waals surface area contributed by atoms with Gasteiger partial charge in [0.15, 0.2) is 0 Å². The number of alkyl halides is 1. The fraction of sp³-hybridized carbons (Fsp3) is 0.615. The Balaban J connectivity index is 2.49. The molecule has 3 nitrogen and oxygen atoms in total. The molecule has 1 rings (SSSR count). The minimum atomic E-state index is 0.0539. The first-order valence-electron chi connectivity index (χ1n) is 5.94. The van der Waals surface area contributed by atoms with Gasteiger partial charge in [0, 0.05) is 18.9 Å². The Hall–Kier alpha value is -0.770. The van der Waals surface area contributed by atoms with Crippen molar-refractivity contribution in [2.75, 3.05) is 18.9 Å². The highest BCUT2D eigenvalue weighted by Crippen LogP contribution is 2.15. The number of hydrogen-bond acceptors (Lipinski definition) is 2. The Kier molecular flexibility index (Phi) is 5.75. The van der Waals surface area contributed by atoms with Crippen LogP contribution in [0.1, 0.15) is 41.1 Å². The van der Waals surface area contributed by atoms with E-state index in [2.05, 4.69) is 15.9 Å². The van der Waals surface area contributed by atoms with E-state index in [1.165, 1.54) is 0 Å². The van der Waals surface area contributed by atoms with Crippen LogP contribution in [0, 0.1) is 13.8 Å². The first-order valence-corrected chi connectivity index (χ1v) is 7.07. The van der Waals surface area contributed by atoms with Crippen molar-refractivity contribution in [2.24, 2.45) is 0 Å². The van der Waals surface area contributed by atoms with Gasteiger partial charge in [0.25, 0.3) is 5.91 Å². The Bertz CT molecular complexity index is 373. The molecular weight excluding hydrogens is 282 g/mol. The molecule has 0 N–H and O–H groups in total. The van der Waals surface area contributed by atoms with Gasteiger partial charge in [0.2, 0.25) is 0 Å². The predicted octanol–water partition coefficient (Wildman–Crippen LogP) is 3.53. The van der Waals surface area contributed by atoms with Crippen LogP contribution in [-0.2, 0) is 0 Å². The maximum atomic E-state index is 12.1. The molecule has 17 heavy (non-hydrogen) atoms. The zero-order valence-corrected chi connectivity index (χ0v) is 12.3. The SMILES string of the molecule is Cc1cc(C(=O)N(C)CCCCCBr)c(C)o1. The highest BCUT2D eigenvalue weighted by Gasteiger charge is 2.16. The topological polar surface area (TPSA) is 33.5 Å². The first-order chi connectivity index (χ1) is 8.06. The van der Waals surface area contributed by atoms with Crippen molar-refractivity contribution in [3.8, 4) is 0 Å². The van der Waals surface area contributed by atoms with Crippen molar-refractivity contribution in [1.29, 1.82) is 0 Å². The van der Waals surface area contributed by atoms with Crippen LogP contribution in [0.25, 0.3) is 0 Å². The van der Waals surface area contributed by atoms with Crippen LogP contribution >= 0.6 is 15.9 Å². The minimum Gasteiger partial charge on any atom is -0.466 e. The average molecular weight is 302 g/mol. The summed E-state index contributed by atoms with van der Waals surface area (Å²) in [5.41, 5.74) is 0.686. The number of rotatable bonds is 6. The van der Waals surface area contributed by atoms with E-state index in [0.717, 1.165) is 36.9 Å². The van der Waals surface area contributed by atoms with Crippen LogP contribution in [0.15, 0.2) is 10.5 Å². The Labute approximate surface area is 111 Å². The summed E-state index contributed by atoms with van der Waals surface area (Å²) in [6, 6.07) is 1.81. The molecule has 0 bridgehead atoms. The van der Waals surface area contributed by atoms with E-state index in [-0.39, 0.29) is 5.91 Å². The van der Waals surface area contributed by atoms with Gasteiger partial charge in [0.05, 0.1) is 5.56 Å². The molecular formula is C13H20BrNO2. The molecule has 4 heteroatoms. The maximum Gasteiger partial charge on any atom is 0.257 e. The largest absolute Gasteiger partial charge is 0.466 e. The lowest BCUT2D eigenvalue weighted by atomic mass is 10.2. The van der Waals surface area contributed by atoms with Gasteiger partial charge in [-0.3, -0.25) is 4.79 Å². The average Bonchev–Trinajstić information content (AvgIpc) is 2.62. The van der Waals surface area contributed by atoms with Crippen molar-refractivity contribution in [2.45, 2.75) is 33.1 Å². The number of aryl methyl sites for hydroxylation is 2. The molecule has 0 atom stereocenters. The van der Waals surface area contributed by atoms with Gasteiger partial charge >= 0.3 is 0 Å². The lowest BCUT2D eigenvalue weighted by Crippen LogP contribution is -2.27. The van der Waals surface area contributed by atoms with E-state index < -0.39 is 0 Å². The molecule has 0 saturated carbocycles. The summed E-state index contributed by atoms with van der Waals surface area (Å²) in [7, 11) is 1.85. The maximum absolute atomic E-state index is 12.1. The smallest absolute Gasteiger partial charge is 0.257 e. The molecule has 1 aromatic rings. The monoisotopic (exact) mass is 301 g/mol. The molecule has 0 aliphatic heterocycles. The highest BCUT2D eigenvalue weighted by molar-refractivity contribution is 9.09. The van der Waals surface area contributed by atoms with E-state index in [0.29, 0.717) is 11.3 Å². The summed E-state index contributed by atoms with van der Waals surface area (Å²) >= 11 is 3.40. The summed E-state index contributed by atoms with van der Waals surface area (Å²) in [6.07, 6.45) is 3.35. The number of furan rings is 1. The molecule has 0 aromatic carbocycles. The van der Waals surface area contributed by atoms with Crippen molar-refractivity contribution in [1.82, 2.24) is 4.90 Å². The molecule has 0 unspecified atom stereocenters. The molecule has 0 aliphatic carbocycles. The van der Waals surface area contributed by atoms with E-state index in [9.17, 15) is 4.79 Å². The van der Waals surface area contributed by atoms with E-state index >= 15 is 0 Å². The molecule has 0 fully saturated rings. The van der Waals surface area contributed by atoms with Crippen LogP contribution in [0.2, 0.25) is 0 Å². The first kappa shape index (κ1) is 14.3. The van der Waals surface area contributed by atoms with Gasteiger partial charge in [-0.25, -0.2) is 0 Å². The number of hydrogen-bond donors (Lipinski definition) is 0. The number of carbonyl (C=O) groups excluding carboxylic acids is 1. The van der Waals surface area contributed by atoms with Crippen LogP contribution in [0.5, 0.6) is 0 Å². The van der Waals surface area contributed by atoms with Crippen molar-refractivity contribution < 1.29 is 9.21 Å². The van der Waals surface area contributed by atoms with Crippen LogP contribution in [-0.4, -0.2) is 29.7 Å². The van der Waals surface area contributed by atoms with Gasteiger partial charge in [-0.15, -0.1) is 0 Å². The molecule has 0 radical (unpaired) electrons. The van der Waals surface area contributed by atoms with E-state index in [1.54, 1.807) is 4.90 Å². The van der Waals surface area contributed by atoms with Gasteiger partial charge in [-0.1, -0.05) is 22.4 Å². The molecule has 1 heterocycles. The Morgan fingerprint density at radius 3 is 2.59 bits per heavy atom. The number of halogens is 1. The number of carbonyl (C=O) groups is 1. The lowest BCUT2D eigenvalue weighted by Gasteiger charge is -2.16. The zero-order valence-electron chi connectivity index (χ0n) is 10.8. The molecule has 0 aliphatic rings. The fourth-order valence-electron chi connectivity index (χ4n) is 1.77. The Morgan fingerprint density at radius 2 is 2.06 bits per heavy atom. The molecule has 0 spiro atoms. The van der Waals surface area contributed by atoms with E-state index in [4.69, 9.17) is 4.42 Å². The van der Waals surface area contributed by atoms with Crippen molar-refractivity contribution >= 4 is 21.8 Å². The number of unbranched alkanes of at least 4 members (excludes halogenated alkanes) is 2. The molecule has 1 amide bonds. The second-order valence-electron chi connectivity index (χ2n) is 4.30. The number of nitrogens with zero attached hydrogens (tertiary/aromatic N) is 1. The minimum absolute atomic E-state index is 0.0539. The lowest BCUT2D eigenvalue weighted by molar-refractivity contribution is 0.0791. The zero-order chi connectivity index (χ0) is 12.8. The second kappa shape index (κ2) is 6.84. The summed E-state index contributed by atoms with van der Waals surface area (Å²) in [5.74, 6) is 1.55. The summed E-state index contributed by atoms with van der Waals surface area (Å²) < 4.78 is 5.38. The highest BCUT2D eigenvalue weighted by atomic mass is 79.9. The van der Waals surface area contributed by atoms with Crippen LogP contribution < -0.4 is 0 Å². The predicted molar refractivity (Wildman–Crippen MR) is 72.8 cm³/mol. The van der Waals surface area contributed by atoms with Crippen molar-refractivity contribution in [3.05, 3.63) is 23.2 Å². The summed E-state index contributed by atoms with van der Waals surface area (Å²) in [5, 5.41) is 1.03. The van der Waals surface area contributed by atoms with Crippen LogP contribution in [0.4, 0.5) is 0 Å². The summed E-state index contributed by atoms with van der Waals surface area (Å²) in [6.45, 7) is 4.49. The Morgan fingerprint density at radius 1 is 1.35 bits per heavy atom. The van der Waals surface area contributed by atoms with Crippen LogP contribution in [0.3, 0.4) is 0 Å². The van der Waals surface area contributed by atoms with E-state index in [1.807, 2.05) is 27.0 Å². The summed E-state index contributed by atoms with van der Waals surface area (Å²) in [4.78, 5) is 13.9. The van der Waals surface area contributed by atoms with Gasteiger partial charge < -0.3 is 9.32 Å².